The minimum Gasteiger partial charge on any atom is -0.490 e. The molecule has 1 N–H and O–H groups in total. The SMILES string of the molecule is C=CCOc1ccc(/C=C(\Sc2nnc(CC)o2)C(=O)O)cc1. The summed E-state index contributed by atoms with van der Waals surface area (Å²) in [5.41, 5.74) is 0.732. The number of aliphatic carboxylic acids is 1. The smallest absolute Gasteiger partial charge is 0.342 e. The Morgan fingerprint density at radius 3 is 2.70 bits per heavy atom. The second kappa shape index (κ2) is 8.19. The third-order valence-electron chi connectivity index (χ3n) is 2.70. The van der Waals surface area contributed by atoms with E-state index >= 15 is 0 Å². The largest absolute Gasteiger partial charge is 0.490 e. The highest BCUT2D eigenvalue weighted by molar-refractivity contribution is 8.03. The van der Waals surface area contributed by atoms with Crippen molar-refractivity contribution in [1.82, 2.24) is 10.2 Å². The quantitative estimate of drug-likeness (QED) is 0.450. The summed E-state index contributed by atoms with van der Waals surface area (Å²) in [7, 11) is 0. The molecule has 0 fully saturated rings. The summed E-state index contributed by atoms with van der Waals surface area (Å²) in [5.74, 6) is 0.107. The van der Waals surface area contributed by atoms with E-state index in [1.165, 1.54) is 0 Å². The van der Waals surface area contributed by atoms with Crippen LogP contribution in [0.25, 0.3) is 6.08 Å². The van der Waals surface area contributed by atoms with E-state index < -0.39 is 5.97 Å². The molecular formula is C16H16N2O4S. The molecule has 23 heavy (non-hydrogen) atoms. The number of aromatic nitrogens is 2. The fourth-order valence-electron chi connectivity index (χ4n) is 1.62. The molecular weight excluding hydrogens is 316 g/mol. The van der Waals surface area contributed by atoms with Gasteiger partial charge in [0.25, 0.3) is 5.22 Å². The van der Waals surface area contributed by atoms with E-state index in [9.17, 15) is 9.90 Å². The summed E-state index contributed by atoms with van der Waals surface area (Å²) in [4.78, 5) is 11.5. The van der Waals surface area contributed by atoms with Crippen molar-refractivity contribution in [3.63, 3.8) is 0 Å². The lowest BCUT2D eigenvalue weighted by atomic mass is 10.2. The van der Waals surface area contributed by atoms with Gasteiger partial charge in [0.05, 0.1) is 0 Å². The highest BCUT2D eigenvalue weighted by Gasteiger charge is 2.14. The second-order valence-electron chi connectivity index (χ2n) is 4.40. The van der Waals surface area contributed by atoms with Gasteiger partial charge in [0.1, 0.15) is 17.3 Å². The van der Waals surface area contributed by atoms with E-state index in [2.05, 4.69) is 16.8 Å². The summed E-state index contributed by atoms with van der Waals surface area (Å²) < 4.78 is 10.7. The zero-order chi connectivity index (χ0) is 16.7. The summed E-state index contributed by atoms with van der Waals surface area (Å²) >= 11 is 0.923. The van der Waals surface area contributed by atoms with Crippen LogP contribution in [0.5, 0.6) is 5.75 Å². The van der Waals surface area contributed by atoms with E-state index in [4.69, 9.17) is 9.15 Å². The number of thioether (sulfide) groups is 1. The topological polar surface area (TPSA) is 85.5 Å². The van der Waals surface area contributed by atoms with Gasteiger partial charge in [0, 0.05) is 6.42 Å². The van der Waals surface area contributed by atoms with Gasteiger partial charge in [-0.2, -0.15) is 0 Å². The Morgan fingerprint density at radius 2 is 2.13 bits per heavy atom. The van der Waals surface area contributed by atoms with Gasteiger partial charge in [-0.05, 0) is 35.5 Å². The highest BCUT2D eigenvalue weighted by atomic mass is 32.2. The van der Waals surface area contributed by atoms with Crippen LogP contribution in [0.3, 0.4) is 0 Å². The number of aryl methyl sites for hydroxylation is 1. The molecule has 0 spiro atoms. The molecule has 120 valence electrons. The first-order chi connectivity index (χ1) is 11.1. The number of nitrogens with zero attached hydrogens (tertiary/aromatic N) is 2. The van der Waals surface area contributed by atoms with Crippen molar-refractivity contribution in [2.75, 3.05) is 6.61 Å². The van der Waals surface area contributed by atoms with Gasteiger partial charge >= 0.3 is 5.97 Å². The number of hydrogen-bond acceptors (Lipinski definition) is 6. The summed E-state index contributed by atoms with van der Waals surface area (Å²) in [5, 5.41) is 17.1. The van der Waals surface area contributed by atoms with Crippen LogP contribution in [0, 0.1) is 0 Å². The molecule has 0 aliphatic rings. The normalized spacial score (nSPS) is 11.3. The van der Waals surface area contributed by atoms with Crippen LogP contribution in [0.4, 0.5) is 0 Å². The fourth-order valence-corrected chi connectivity index (χ4v) is 2.31. The fraction of sp³-hybridized carbons (Fsp3) is 0.188. The minimum atomic E-state index is -1.06. The lowest BCUT2D eigenvalue weighted by Gasteiger charge is -2.03. The Morgan fingerprint density at radius 1 is 1.39 bits per heavy atom. The molecule has 0 amide bonds. The van der Waals surface area contributed by atoms with E-state index in [1.807, 2.05) is 6.92 Å². The molecule has 1 aromatic carbocycles. The van der Waals surface area contributed by atoms with Crippen molar-refractivity contribution in [3.8, 4) is 5.75 Å². The maximum Gasteiger partial charge on any atom is 0.342 e. The van der Waals surface area contributed by atoms with Crippen molar-refractivity contribution in [2.24, 2.45) is 0 Å². The molecule has 0 saturated carbocycles. The van der Waals surface area contributed by atoms with Crippen LogP contribution in [0.15, 0.2) is 51.5 Å². The van der Waals surface area contributed by atoms with Gasteiger partial charge in [-0.15, -0.1) is 10.2 Å². The third kappa shape index (κ3) is 5.00. The van der Waals surface area contributed by atoms with Gasteiger partial charge in [0.2, 0.25) is 5.89 Å². The lowest BCUT2D eigenvalue weighted by Crippen LogP contribution is -1.97. The zero-order valence-corrected chi connectivity index (χ0v) is 13.4. The Kier molecular flexibility index (Phi) is 5.99. The van der Waals surface area contributed by atoms with Gasteiger partial charge in [-0.3, -0.25) is 0 Å². The van der Waals surface area contributed by atoms with E-state index in [0.717, 1.165) is 17.3 Å². The van der Waals surface area contributed by atoms with E-state index in [-0.39, 0.29) is 10.1 Å². The number of carbonyl (C=O) groups is 1. The summed E-state index contributed by atoms with van der Waals surface area (Å²) in [6, 6.07) is 7.07. The van der Waals surface area contributed by atoms with Crippen LogP contribution < -0.4 is 4.74 Å². The number of carboxylic acids is 1. The first-order valence-electron chi connectivity index (χ1n) is 6.91. The Labute approximate surface area is 137 Å². The predicted molar refractivity (Wildman–Crippen MR) is 87.3 cm³/mol. The molecule has 0 aliphatic carbocycles. The standard InChI is InChI=1S/C16H16N2O4S/c1-3-9-21-12-7-5-11(6-8-12)10-13(15(19)20)23-16-18-17-14(4-2)22-16/h3,5-8,10H,1,4,9H2,2H3,(H,19,20)/b13-10-. The maximum absolute atomic E-state index is 11.4. The molecule has 2 rings (SSSR count). The van der Waals surface area contributed by atoms with Crippen LogP contribution in [0.2, 0.25) is 0 Å². The van der Waals surface area contributed by atoms with Crippen LogP contribution in [-0.4, -0.2) is 27.9 Å². The molecule has 1 heterocycles. The molecule has 7 heteroatoms. The van der Waals surface area contributed by atoms with Gasteiger partial charge < -0.3 is 14.3 Å². The third-order valence-corrected chi connectivity index (χ3v) is 3.56. The van der Waals surface area contributed by atoms with E-state index in [1.54, 1.807) is 36.4 Å². The van der Waals surface area contributed by atoms with Crippen molar-refractivity contribution in [2.45, 2.75) is 18.6 Å². The number of carboxylic acid groups (broad SMARTS) is 1. The van der Waals surface area contributed by atoms with E-state index in [0.29, 0.717) is 24.7 Å². The molecule has 1 aromatic heterocycles. The van der Waals surface area contributed by atoms with Crippen molar-refractivity contribution < 1.29 is 19.1 Å². The summed E-state index contributed by atoms with van der Waals surface area (Å²) in [6.07, 6.45) is 3.80. The molecule has 0 radical (unpaired) electrons. The number of hydrogen-bond donors (Lipinski definition) is 1. The van der Waals surface area contributed by atoms with Crippen LogP contribution in [0.1, 0.15) is 18.4 Å². The van der Waals surface area contributed by atoms with Gasteiger partial charge in [0.15, 0.2) is 0 Å². The van der Waals surface area contributed by atoms with Gasteiger partial charge in [-0.25, -0.2) is 4.79 Å². The molecule has 0 unspecified atom stereocenters. The first-order valence-corrected chi connectivity index (χ1v) is 7.73. The number of benzene rings is 1. The molecule has 0 bridgehead atoms. The molecule has 0 atom stereocenters. The number of ether oxygens (including phenoxy) is 1. The predicted octanol–water partition coefficient (Wildman–Crippen LogP) is 3.41. The lowest BCUT2D eigenvalue weighted by molar-refractivity contribution is -0.131. The van der Waals surface area contributed by atoms with Crippen molar-refractivity contribution >= 4 is 23.8 Å². The van der Waals surface area contributed by atoms with Gasteiger partial charge in [-0.1, -0.05) is 31.7 Å². The zero-order valence-electron chi connectivity index (χ0n) is 12.6. The second-order valence-corrected chi connectivity index (χ2v) is 5.39. The molecule has 6 nitrogen and oxygen atoms in total. The number of rotatable bonds is 8. The Bertz CT molecular complexity index is 707. The average molecular weight is 332 g/mol. The highest BCUT2D eigenvalue weighted by Crippen LogP contribution is 2.28. The van der Waals surface area contributed by atoms with Crippen molar-refractivity contribution in [1.29, 1.82) is 0 Å². The molecule has 0 saturated heterocycles. The first kappa shape index (κ1) is 16.8. The monoisotopic (exact) mass is 332 g/mol. The van der Waals surface area contributed by atoms with Crippen LogP contribution in [-0.2, 0) is 11.2 Å². The molecule has 0 aliphatic heterocycles. The van der Waals surface area contributed by atoms with Crippen LogP contribution >= 0.6 is 11.8 Å². The summed E-state index contributed by atoms with van der Waals surface area (Å²) in [6.45, 7) is 5.88. The molecule has 2 aromatic rings. The van der Waals surface area contributed by atoms with Crippen molar-refractivity contribution in [3.05, 3.63) is 53.3 Å². The maximum atomic E-state index is 11.4. The minimum absolute atomic E-state index is 0.0936. The average Bonchev–Trinajstić information content (AvgIpc) is 3.01. The Balaban J connectivity index is 2.14. The Hall–Kier alpha value is -2.54.